The molecule has 0 spiro atoms. The summed E-state index contributed by atoms with van der Waals surface area (Å²) >= 11 is 1.61. The molecule has 130 valence electrons. The standard InChI is InChI=1S/C16H23N5O2S/c1-3-5-13-18-16(20-19-13)12-9-21(6-7-23-12)15(22)8-11-10-24-14(4-2)17-11/h10,12H,3-9H2,1-2H3,(H,18,19,20)/t12-/m1/s1. The molecule has 0 aromatic carbocycles. The molecule has 1 fully saturated rings. The van der Waals surface area contributed by atoms with Gasteiger partial charge in [-0.15, -0.1) is 11.3 Å². The van der Waals surface area contributed by atoms with E-state index >= 15 is 0 Å². The van der Waals surface area contributed by atoms with E-state index in [1.165, 1.54) is 0 Å². The molecule has 2 aromatic heterocycles. The van der Waals surface area contributed by atoms with Crippen molar-refractivity contribution >= 4 is 17.2 Å². The van der Waals surface area contributed by atoms with Crippen LogP contribution in [0.2, 0.25) is 0 Å². The molecule has 0 unspecified atom stereocenters. The van der Waals surface area contributed by atoms with Crippen molar-refractivity contribution in [3.8, 4) is 0 Å². The van der Waals surface area contributed by atoms with Crippen LogP contribution in [0.5, 0.6) is 0 Å². The normalized spacial score (nSPS) is 18.1. The van der Waals surface area contributed by atoms with Gasteiger partial charge < -0.3 is 9.64 Å². The van der Waals surface area contributed by atoms with E-state index in [0.717, 1.165) is 35.8 Å². The highest BCUT2D eigenvalue weighted by Crippen LogP contribution is 2.20. The topological polar surface area (TPSA) is 84.0 Å². The van der Waals surface area contributed by atoms with E-state index in [1.807, 2.05) is 10.3 Å². The molecule has 0 bridgehead atoms. The Morgan fingerprint density at radius 3 is 3.08 bits per heavy atom. The fraction of sp³-hybridized carbons (Fsp3) is 0.625. The van der Waals surface area contributed by atoms with Crippen molar-refractivity contribution in [3.05, 3.63) is 27.7 Å². The molecule has 8 heteroatoms. The Balaban J connectivity index is 1.60. The number of amides is 1. The second-order valence-electron chi connectivity index (χ2n) is 5.85. The number of nitrogens with zero attached hydrogens (tertiary/aromatic N) is 4. The second kappa shape index (κ2) is 7.85. The summed E-state index contributed by atoms with van der Waals surface area (Å²) in [5.74, 6) is 1.59. The highest BCUT2D eigenvalue weighted by molar-refractivity contribution is 7.09. The van der Waals surface area contributed by atoms with Gasteiger partial charge in [0.25, 0.3) is 0 Å². The molecule has 0 saturated carbocycles. The molecule has 1 amide bonds. The summed E-state index contributed by atoms with van der Waals surface area (Å²) in [6, 6.07) is 0. The number of thiazole rings is 1. The highest BCUT2D eigenvalue weighted by atomic mass is 32.1. The summed E-state index contributed by atoms with van der Waals surface area (Å²) < 4.78 is 5.76. The number of hydrogen-bond acceptors (Lipinski definition) is 6. The van der Waals surface area contributed by atoms with E-state index in [0.29, 0.717) is 31.9 Å². The van der Waals surface area contributed by atoms with Crippen molar-refractivity contribution in [3.63, 3.8) is 0 Å². The average molecular weight is 349 g/mol. The lowest BCUT2D eigenvalue weighted by Gasteiger charge is -2.31. The maximum Gasteiger partial charge on any atom is 0.228 e. The second-order valence-corrected chi connectivity index (χ2v) is 6.80. The van der Waals surface area contributed by atoms with Gasteiger partial charge in [-0.05, 0) is 12.8 Å². The van der Waals surface area contributed by atoms with Crippen molar-refractivity contribution in [2.24, 2.45) is 0 Å². The lowest BCUT2D eigenvalue weighted by Crippen LogP contribution is -2.43. The van der Waals surface area contributed by atoms with Crippen LogP contribution in [-0.2, 0) is 28.8 Å². The largest absolute Gasteiger partial charge is 0.366 e. The minimum Gasteiger partial charge on any atom is -0.366 e. The number of aryl methyl sites for hydroxylation is 2. The molecule has 0 aliphatic carbocycles. The van der Waals surface area contributed by atoms with Crippen LogP contribution < -0.4 is 0 Å². The summed E-state index contributed by atoms with van der Waals surface area (Å²) in [6.45, 7) is 5.77. The number of aromatic amines is 1. The Morgan fingerprint density at radius 1 is 1.46 bits per heavy atom. The first kappa shape index (κ1) is 17.0. The number of carbonyl (C=O) groups is 1. The van der Waals surface area contributed by atoms with Crippen LogP contribution in [0.25, 0.3) is 0 Å². The molecule has 1 aliphatic heterocycles. The molecule has 1 N–H and O–H groups in total. The van der Waals surface area contributed by atoms with Gasteiger partial charge in [-0.25, -0.2) is 9.97 Å². The van der Waals surface area contributed by atoms with E-state index in [-0.39, 0.29) is 12.0 Å². The summed E-state index contributed by atoms with van der Waals surface area (Å²) in [5, 5.41) is 10.2. The Morgan fingerprint density at radius 2 is 2.33 bits per heavy atom. The van der Waals surface area contributed by atoms with E-state index in [2.05, 4.69) is 34.0 Å². The molecular weight excluding hydrogens is 326 g/mol. The first-order valence-electron chi connectivity index (χ1n) is 8.43. The van der Waals surface area contributed by atoms with Gasteiger partial charge in [0.1, 0.15) is 11.9 Å². The van der Waals surface area contributed by atoms with Crippen molar-refractivity contribution in [1.29, 1.82) is 0 Å². The smallest absolute Gasteiger partial charge is 0.228 e. The van der Waals surface area contributed by atoms with Gasteiger partial charge in [-0.1, -0.05) is 13.8 Å². The SMILES string of the molecule is CCCc1nc([C@H]2CN(C(=O)Cc3csc(CC)n3)CCO2)n[nH]1. The van der Waals surface area contributed by atoms with Crippen LogP contribution in [0.15, 0.2) is 5.38 Å². The van der Waals surface area contributed by atoms with Gasteiger partial charge in [-0.2, -0.15) is 5.10 Å². The van der Waals surface area contributed by atoms with Crippen molar-refractivity contribution < 1.29 is 9.53 Å². The van der Waals surface area contributed by atoms with Gasteiger partial charge in [0.15, 0.2) is 5.82 Å². The van der Waals surface area contributed by atoms with Gasteiger partial charge in [-0.3, -0.25) is 9.89 Å². The van der Waals surface area contributed by atoms with Crippen molar-refractivity contribution in [1.82, 2.24) is 25.1 Å². The molecule has 1 aliphatic rings. The van der Waals surface area contributed by atoms with Crippen LogP contribution in [-0.4, -0.2) is 50.7 Å². The van der Waals surface area contributed by atoms with Crippen LogP contribution in [0.3, 0.4) is 0 Å². The molecule has 1 atom stereocenters. The van der Waals surface area contributed by atoms with E-state index in [4.69, 9.17) is 4.74 Å². The fourth-order valence-corrected chi connectivity index (χ4v) is 3.44. The molecule has 1 saturated heterocycles. The summed E-state index contributed by atoms with van der Waals surface area (Å²) in [5.41, 5.74) is 0.855. The van der Waals surface area contributed by atoms with Gasteiger partial charge in [0.2, 0.25) is 5.91 Å². The Labute approximate surface area is 145 Å². The molecule has 3 rings (SSSR count). The number of H-pyrrole nitrogens is 1. The Kier molecular flexibility index (Phi) is 5.57. The van der Waals surface area contributed by atoms with E-state index in [1.54, 1.807) is 11.3 Å². The van der Waals surface area contributed by atoms with Crippen LogP contribution in [0.1, 0.15) is 48.7 Å². The lowest BCUT2D eigenvalue weighted by atomic mass is 10.2. The number of rotatable bonds is 6. The van der Waals surface area contributed by atoms with Gasteiger partial charge >= 0.3 is 0 Å². The minimum atomic E-state index is -0.258. The first-order chi connectivity index (χ1) is 11.7. The molecule has 24 heavy (non-hydrogen) atoms. The predicted octanol–water partition coefficient (Wildman–Crippen LogP) is 1.92. The third kappa shape index (κ3) is 3.99. The number of nitrogens with one attached hydrogen (secondary N) is 1. The molecule has 2 aromatic rings. The number of aromatic nitrogens is 4. The maximum absolute atomic E-state index is 12.5. The monoisotopic (exact) mass is 349 g/mol. The number of morpholine rings is 1. The van der Waals surface area contributed by atoms with Crippen LogP contribution >= 0.6 is 11.3 Å². The third-order valence-corrected chi connectivity index (χ3v) is 5.02. The van der Waals surface area contributed by atoms with Gasteiger partial charge in [0.05, 0.1) is 30.3 Å². The molecule has 3 heterocycles. The molecular formula is C16H23N5O2S. The zero-order valence-corrected chi connectivity index (χ0v) is 14.9. The zero-order chi connectivity index (χ0) is 16.9. The van der Waals surface area contributed by atoms with Crippen LogP contribution in [0.4, 0.5) is 0 Å². The average Bonchev–Trinajstić information content (AvgIpc) is 3.25. The maximum atomic E-state index is 12.5. The Hall–Kier alpha value is -1.80. The van der Waals surface area contributed by atoms with E-state index in [9.17, 15) is 4.79 Å². The predicted molar refractivity (Wildman–Crippen MR) is 90.8 cm³/mol. The van der Waals surface area contributed by atoms with E-state index < -0.39 is 0 Å². The first-order valence-corrected chi connectivity index (χ1v) is 9.31. The quantitative estimate of drug-likeness (QED) is 0.861. The molecule has 0 radical (unpaired) electrons. The van der Waals surface area contributed by atoms with Gasteiger partial charge in [0, 0.05) is 18.3 Å². The molecule has 7 nitrogen and oxygen atoms in total. The lowest BCUT2D eigenvalue weighted by molar-refractivity contribution is -0.138. The van der Waals surface area contributed by atoms with Crippen molar-refractivity contribution in [2.45, 2.75) is 45.6 Å². The third-order valence-electron chi connectivity index (χ3n) is 3.98. The fourth-order valence-electron chi connectivity index (χ4n) is 2.69. The minimum absolute atomic E-state index is 0.0839. The summed E-state index contributed by atoms with van der Waals surface area (Å²) in [4.78, 5) is 23.3. The summed E-state index contributed by atoms with van der Waals surface area (Å²) in [7, 11) is 0. The Bertz CT molecular complexity index is 684. The van der Waals surface area contributed by atoms with Crippen LogP contribution in [0, 0.1) is 0 Å². The number of hydrogen-bond donors (Lipinski definition) is 1. The van der Waals surface area contributed by atoms with Crippen molar-refractivity contribution in [2.75, 3.05) is 19.7 Å². The highest BCUT2D eigenvalue weighted by Gasteiger charge is 2.28. The number of ether oxygens (including phenoxy) is 1. The summed E-state index contributed by atoms with van der Waals surface area (Å²) in [6.07, 6.45) is 2.87. The zero-order valence-electron chi connectivity index (χ0n) is 14.1. The number of carbonyl (C=O) groups excluding carboxylic acids is 1.